The van der Waals surface area contributed by atoms with Gasteiger partial charge in [-0.1, -0.05) is 62.4 Å². The van der Waals surface area contributed by atoms with Crippen molar-refractivity contribution >= 4 is 28.5 Å². The number of carbonyl (C=O) groups excluding carboxylic acids is 2. The monoisotopic (exact) mass is 645 g/mol. The van der Waals surface area contributed by atoms with E-state index in [1.807, 2.05) is 63.8 Å². The van der Waals surface area contributed by atoms with Crippen molar-refractivity contribution in [1.82, 2.24) is 5.06 Å². The molecule has 242 valence electrons. The number of hydrogen-bond acceptors (Lipinski definition) is 9. The maximum absolute atomic E-state index is 13.2. The fourth-order valence-corrected chi connectivity index (χ4v) is 7.95. The molecule has 2 aliphatic rings. The number of aliphatic hydroxyl groups excluding tert-OH is 2. The van der Waals surface area contributed by atoms with Crippen LogP contribution in [0.2, 0.25) is 37.8 Å². The van der Waals surface area contributed by atoms with Gasteiger partial charge in [0.1, 0.15) is 36.6 Å². The van der Waals surface area contributed by atoms with Gasteiger partial charge >= 0.3 is 5.97 Å². The summed E-state index contributed by atoms with van der Waals surface area (Å²) in [5.74, 6) is -2.08. The first kappa shape index (κ1) is 34.4. The lowest BCUT2D eigenvalue weighted by molar-refractivity contribution is -0.349. The van der Waals surface area contributed by atoms with Crippen LogP contribution >= 0.6 is 0 Å². The van der Waals surface area contributed by atoms with Crippen molar-refractivity contribution < 1.29 is 43.7 Å². The highest BCUT2D eigenvalue weighted by molar-refractivity contribution is 6.72. The Hall–Kier alpha value is -2.43. The highest BCUT2D eigenvalue weighted by Gasteiger charge is 2.74. The van der Waals surface area contributed by atoms with Crippen LogP contribution in [0.3, 0.4) is 0 Å². The summed E-state index contributed by atoms with van der Waals surface area (Å²) in [6.07, 6.45) is -4.64. The molecule has 1 aliphatic heterocycles. The zero-order chi connectivity index (χ0) is 32.7. The molecule has 1 aliphatic carbocycles. The molecule has 2 fully saturated rings. The van der Waals surface area contributed by atoms with Gasteiger partial charge in [0.2, 0.25) is 5.91 Å². The molecule has 12 heteroatoms. The van der Waals surface area contributed by atoms with Gasteiger partial charge in [-0.25, -0.2) is 9.86 Å². The predicted octanol–water partition coefficient (Wildman–Crippen LogP) is 3.62. The van der Waals surface area contributed by atoms with Crippen molar-refractivity contribution in [3.8, 4) is 0 Å². The Bertz CT molecular complexity index is 1310. The molecule has 0 bridgehead atoms. The Kier molecular flexibility index (Phi) is 9.71. The van der Waals surface area contributed by atoms with E-state index in [2.05, 4.69) is 0 Å². The van der Waals surface area contributed by atoms with Crippen LogP contribution in [0.5, 0.6) is 0 Å². The third-order valence-corrected chi connectivity index (χ3v) is 13.9. The number of aliphatic hydroxyl groups is 3. The molecule has 1 saturated carbocycles. The highest BCUT2D eigenvalue weighted by atomic mass is 28.4. The summed E-state index contributed by atoms with van der Waals surface area (Å²) in [7, 11) is -5.39. The number of esters is 1. The van der Waals surface area contributed by atoms with Crippen molar-refractivity contribution in [3.63, 3.8) is 0 Å². The average Bonchev–Trinajstić information content (AvgIpc) is 2.94. The third-order valence-electron chi connectivity index (χ3n) is 9.38. The molecule has 6 atom stereocenters. The number of benzene rings is 2. The largest absolute Gasteiger partial charge is 0.459 e. The zero-order valence-electron chi connectivity index (χ0n) is 26.7. The number of hydroxylamine groups is 2. The molecule has 44 heavy (non-hydrogen) atoms. The Labute approximate surface area is 261 Å². The van der Waals surface area contributed by atoms with Gasteiger partial charge in [-0.2, -0.15) is 0 Å². The van der Waals surface area contributed by atoms with Crippen LogP contribution in [0.25, 0.3) is 0 Å². The lowest BCUT2D eigenvalue weighted by atomic mass is 9.57. The third kappa shape index (κ3) is 6.58. The van der Waals surface area contributed by atoms with Gasteiger partial charge < -0.3 is 29.3 Å². The topological polar surface area (TPSA) is 146 Å². The van der Waals surface area contributed by atoms with E-state index >= 15 is 0 Å². The Morgan fingerprint density at radius 2 is 1.55 bits per heavy atom. The van der Waals surface area contributed by atoms with Crippen LogP contribution in [-0.4, -0.2) is 89.7 Å². The number of carbonyl (C=O) groups is 2. The van der Waals surface area contributed by atoms with E-state index in [1.165, 1.54) is 0 Å². The first-order valence-electron chi connectivity index (χ1n) is 15.0. The fraction of sp³-hybridized carbons (Fsp3) is 0.562. The smallest absolute Gasteiger partial charge is 0.338 e. The molecular weight excluding hydrogens is 599 g/mol. The van der Waals surface area contributed by atoms with E-state index in [4.69, 9.17) is 14.0 Å². The van der Waals surface area contributed by atoms with Gasteiger partial charge in [-0.3, -0.25) is 9.63 Å². The quantitative estimate of drug-likeness (QED) is 0.164. The summed E-state index contributed by atoms with van der Waals surface area (Å²) < 4.78 is 12.4. The van der Waals surface area contributed by atoms with E-state index < -0.39 is 75.5 Å². The summed E-state index contributed by atoms with van der Waals surface area (Å²) in [5.41, 5.74) is -2.67. The van der Waals surface area contributed by atoms with Gasteiger partial charge in [0.05, 0.1) is 18.1 Å². The number of nitrogens with zero attached hydrogens (tertiary/aromatic N) is 1. The molecule has 4 rings (SSSR count). The number of β-lactam (4-membered cyclic amide) rings is 1. The Morgan fingerprint density at radius 1 is 0.977 bits per heavy atom. The summed E-state index contributed by atoms with van der Waals surface area (Å²) >= 11 is 0. The van der Waals surface area contributed by atoms with Crippen LogP contribution in [-0.2, 0) is 25.4 Å². The first-order valence-corrected chi connectivity index (χ1v) is 21.4. The second kappa shape index (κ2) is 12.4. The lowest BCUT2D eigenvalue weighted by Crippen LogP contribution is -2.85. The van der Waals surface area contributed by atoms with Crippen molar-refractivity contribution in [3.05, 3.63) is 71.8 Å². The Morgan fingerprint density at radius 3 is 2.07 bits per heavy atom. The minimum Gasteiger partial charge on any atom is -0.459 e. The lowest BCUT2D eigenvalue weighted by Gasteiger charge is -2.65. The van der Waals surface area contributed by atoms with Crippen LogP contribution < -0.4 is 0 Å². The van der Waals surface area contributed by atoms with Crippen LogP contribution in [0, 0.1) is 5.92 Å². The maximum atomic E-state index is 13.2. The molecule has 1 saturated heterocycles. The second-order valence-electron chi connectivity index (χ2n) is 14.3. The molecule has 1 heterocycles. The number of rotatable bonds is 11. The van der Waals surface area contributed by atoms with Crippen molar-refractivity contribution in [2.75, 3.05) is 6.61 Å². The molecule has 0 radical (unpaired) electrons. The molecular formula is C32H47NO9Si2. The molecule has 2 aromatic rings. The fourth-order valence-electron chi connectivity index (χ4n) is 6.10. The van der Waals surface area contributed by atoms with Crippen LogP contribution in [0.4, 0.5) is 0 Å². The van der Waals surface area contributed by atoms with Gasteiger partial charge in [0.25, 0.3) is 0 Å². The van der Waals surface area contributed by atoms with Crippen molar-refractivity contribution in [2.24, 2.45) is 5.92 Å². The van der Waals surface area contributed by atoms with Crippen LogP contribution in [0.1, 0.15) is 42.6 Å². The SMILES string of the molecule is CC(C)(C[C@H]1[C@@H](O[Si](C)(C)C)[C@@]2(CC(=O)N2OCc2ccccc2)[C@H](O)[C@H](O)[C@@]1(O)COC(=O)c1ccccc1)[Si](C)(C)O. The molecule has 1 amide bonds. The van der Waals surface area contributed by atoms with Gasteiger partial charge in [-0.05, 0) is 61.9 Å². The molecule has 10 nitrogen and oxygen atoms in total. The number of ether oxygens (including phenoxy) is 1. The Balaban J connectivity index is 1.80. The molecule has 0 aromatic heterocycles. The minimum absolute atomic E-state index is 0.0303. The summed E-state index contributed by atoms with van der Waals surface area (Å²) in [5, 5.41) is 36.4. The molecule has 1 spiro atoms. The van der Waals surface area contributed by atoms with Gasteiger partial charge in [-0.15, -0.1) is 0 Å². The molecule has 0 unspecified atom stereocenters. The van der Waals surface area contributed by atoms with E-state index in [9.17, 15) is 29.7 Å². The summed E-state index contributed by atoms with van der Waals surface area (Å²) in [6.45, 7) is 12.6. The zero-order valence-corrected chi connectivity index (χ0v) is 28.7. The van der Waals surface area contributed by atoms with Gasteiger partial charge in [0, 0.05) is 5.92 Å². The van der Waals surface area contributed by atoms with E-state index in [1.54, 1.807) is 43.4 Å². The number of hydrogen-bond donors (Lipinski definition) is 4. The van der Waals surface area contributed by atoms with E-state index in [0.29, 0.717) is 0 Å². The number of amides is 1. The first-order chi connectivity index (χ1) is 20.3. The normalized spacial score (nSPS) is 29.4. The highest BCUT2D eigenvalue weighted by Crippen LogP contribution is 2.56. The van der Waals surface area contributed by atoms with Crippen LogP contribution in [0.15, 0.2) is 60.7 Å². The van der Waals surface area contributed by atoms with Crippen molar-refractivity contribution in [2.45, 2.75) is 101 Å². The second-order valence-corrected chi connectivity index (χ2v) is 23.3. The minimum atomic E-state index is -2.90. The maximum Gasteiger partial charge on any atom is 0.338 e. The summed E-state index contributed by atoms with van der Waals surface area (Å²) in [6, 6.07) is 17.5. The van der Waals surface area contributed by atoms with E-state index in [-0.39, 0.29) is 25.0 Å². The molecule has 2 aromatic carbocycles. The molecule has 4 N–H and O–H groups in total. The standard InChI is InChI=1S/C32H47NO9Si2/c1-30(2,44(6,7)39)18-24-28(42-43(3,4)5)31(19-25(34)33(31)41-20-22-14-10-8-11-15-22)26(35)27(36)32(24,38)21-40-29(37)23-16-12-9-13-17-23/h8-17,24,26-28,35-36,38-39H,18-21H2,1-7H3/t24-,26+,27-,28+,31+,32+/m0/s1. The average molecular weight is 646 g/mol. The summed E-state index contributed by atoms with van der Waals surface area (Å²) in [4.78, 5) is 43.5. The van der Waals surface area contributed by atoms with Crippen molar-refractivity contribution in [1.29, 1.82) is 0 Å². The van der Waals surface area contributed by atoms with E-state index in [0.717, 1.165) is 10.6 Å². The predicted molar refractivity (Wildman–Crippen MR) is 169 cm³/mol. The van der Waals surface area contributed by atoms with Gasteiger partial charge in [0.15, 0.2) is 16.6 Å².